The van der Waals surface area contributed by atoms with E-state index in [1.165, 1.54) is 24.8 Å². The predicted octanol–water partition coefficient (Wildman–Crippen LogP) is 4.45. The van der Waals surface area contributed by atoms with Crippen molar-refractivity contribution >= 4 is 0 Å². The van der Waals surface area contributed by atoms with Gasteiger partial charge >= 0.3 is 0 Å². The average Bonchev–Trinajstić information content (AvgIpc) is 2.20. The quantitative estimate of drug-likeness (QED) is 0.688. The third kappa shape index (κ3) is 4.69. The molecule has 0 saturated carbocycles. The normalized spacial score (nSPS) is 12.8. The van der Waals surface area contributed by atoms with E-state index in [4.69, 9.17) is 4.74 Å². The van der Waals surface area contributed by atoms with Crippen LogP contribution in [-0.4, -0.2) is 6.10 Å². The Morgan fingerprint density at radius 3 is 2.19 bits per heavy atom. The van der Waals surface area contributed by atoms with Crippen LogP contribution in [0.2, 0.25) is 0 Å². The lowest BCUT2D eigenvalue weighted by atomic mass is 9.97. The Morgan fingerprint density at radius 1 is 1.06 bits per heavy atom. The SMILES string of the molecule is CCCC(C)Cc1ccc(OC(C)C)cc1. The highest BCUT2D eigenvalue weighted by molar-refractivity contribution is 5.27. The summed E-state index contributed by atoms with van der Waals surface area (Å²) in [6.45, 7) is 8.67. The molecule has 0 radical (unpaired) electrons. The zero-order chi connectivity index (χ0) is 12.0. The molecule has 0 aliphatic rings. The summed E-state index contributed by atoms with van der Waals surface area (Å²) in [6.07, 6.45) is 4.01. The van der Waals surface area contributed by atoms with E-state index in [0.29, 0.717) is 0 Å². The number of benzene rings is 1. The fourth-order valence-corrected chi connectivity index (χ4v) is 1.97. The average molecular weight is 220 g/mol. The van der Waals surface area contributed by atoms with Gasteiger partial charge in [0.15, 0.2) is 0 Å². The smallest absolute Gasteiger partial charge is 0.119 e. The lowest BCUT2D eigenvalue weighted by Crippen LogP contribution is -2.05. The zero-order valence-corrected chi connectivity index (χ0v) is 11.0. The molecule has 1 heteroatoms. The molecule has 0 amide bonds. The second-order valence-electron chi connectivity index (χ2n) is 4.91. The van der Waals surface area contributed by atoms with Crippen molar-refractivity contribution in [1.29, 1.82) is 0 Å². The van der Waals surface area contributed by atoms with Crippen molar-refractivity contribution in [3.63, 3.8) is 0 Å². The summed E-state index contributed by atoms with van der Waals surface area (Å²) in [7, 11) is 0. The van der Waals surface area contributed by atoms with E-state index in [9.17, 15) is 0 Å². The van der Waals surface area contributed by atoms with Crippen LogP contribution in [0.3, 0.4) is 0 Å². The number of rotatable bonds is 6. The standard InChI is InChI=1S/C15H24O/c1-5-6-13(4)11-14-7-9-15(10-8-14)16-12(2)3/h7-10,12-13H,5-6,11H2,1-4H3. The Hall–Kier alpha value is -0.980. The van der Waals surface area contributed by atoms with Gasteiger partial charge in [-0.2, -0.15) is 0 Å². The maximum Gasteiger partial charge on any atom is 0.119 e. The summed E-state index contributed by atoms with van der Waals surface area (Å²) >= 11 is 0. The fourth-order valence-electron chi connectivity index (χ4n) is 1.97. The van der Waals surface area contributed by atoms with Gasteiger partial charge in [-0.3, -0.25) is 0 Å². The molecule has 1 nitrogen and oxygen atoms in total. The number of hydrogen-bond donors (Lipinski definition) is 0. The third-order valence-corrected chi connectivity index (χ3v) is 2.66. The van der Waals surface area contributed by atoms with E-state index in [0.717, 1.165) is 11.7 Å². The first-order chi connectivity index (χ1) is 7.61. The Labute approximate surface area is 99.8 Å². The Bertz CT molecular complexity index is 287. The summed E-state index contributed by atoms with van der Waals surface area (Å²) in [5.41, 5.74) is 1.41. The van der Waals surface area contributed by atoms with Crippen LogP contribution in [0.1, 0.15) is 46.1 Å². The van der Waals surface area contributed by atoms with Gasteiger partial charge < -0.3 is 4.74 Å². The van der Waals surface area contributed by atoms with Crippen LogP contribution in [0.25, 0.3) is 0 Å². The van der Waals surface area contributed by atoms with Crippen molar-refractivity contribution < 1.29 is 4.74 Å². The highest BCUT2D eigenvalue weighted by Crippen LogP contribution is 2.18. The van der Waals surface area contributed by atoms with Crippen molar-refractivity contribution in [2.75, 3.05) is 0 Å². The van der Waals surface area contributed by atoms with Crippen LogP contribution in [-0.2, 0) is 6.42 Å². The molecular formula is C15H24O. The lowest BCUT2D eigenvalue weighted by molar-refractivity contribution is 0.242. The second kappa shape index (κ2) is 6.57. The molecule has 1 aromatic carbocycles. The number of hydrogen-bond acceptors (Lipinski definition) is 1. The van der Waals surface area contributed by atoms with E-state index >= 15 is 0 Å². The summed E-state index contributed by atoms with van der Waals surface area (Å²) in [4.78, 5) is 0. The summed E-state index contributed by atoms with van der Waals surface area (Å²) < 4.78 is 5.62. The van der Waals surface area contributed by atoms with Crippen molar-refractivity contribution in [1.82, 2.24) is 0 Å². The van der Waals surface area contributed by atoms with Gasteiger partial charge in [-0.1, -0.05) is 38.8 Å². The molecule has 0 fully saturated rings. The van der Waals surface area contributed by atoms with Gasteiger partial charge in [0.05, 0.1) is 6.10 Å². The van der Waals surface area contributed by atoms with Crippen LogP contribution < -0.4 is 4.74 Å². The first kappa shape index (κ1) is 13.1. The highest BCUT2D eigenvalue weighted by Gasteiger charge is 2.03. The van der Waals surface area contributed by atoms with Gasteiger partial charge in [0.1, 0.15) is 5.75 Å². The largest absolute Gasteiger partial charge is 0.491 e. The molecule has 0 N–H and O–H groups in total. The van der Waals surface area contributed by atoms with Crippen LogP contribution >= 0.6 is 0 Å². The molecule has 0 heterocycles. The van der Waals surface area contributed by atoms with Gasteiger partial charge in [-0.05, 0) is 43.9 Å². The summed E-state index contributed by atoms with van der Waals surface area (Å²) in [5.74, 6) is 1.75. The van der Waals surface area contributed by atoms with E-state index in [1.54, 1.807) is 0 Å². The highest BCUT2D eigenvalue weighted by atomic mass is 16.5. The first-order valence-corrected chi connectivity index (χ1v) is 6.37. The zero-order valence-electron chi connectivity index (χ0n) is 11.0. The molecule has 1 rings (SSSR count). The molecule has 16 heavy (non-hydrogen) atoms. The summed E-state index contributed by atoms with van der Waals surface area (Å²) in [5, 5.41) is 0. The topological polar surface area (TPSA) is 9.23 Å². The molecule has 0 aliphatic heterocycles. The minimum atomic E-state index is 0.255. The molecule has 0 bridgehead atoms. The molecule has 0 aromatic heterocycles. The molecule has 0 aliphatic carbocycles. The minimum Gasteiger partial charge on any atom is -0.491 e. The molecule has 0 spiro atoms. The van der Waals surface area contributed by atoms with E-state index < -0.39 is 0 Å². The molecule has 1 aromatic rings. The lowest BCUT2D eigenvalue weighted by Gasteiger charge is -2.12. The van der Waals surface area contributed by atoms with Gasteiger partial charge in [-0.25, -0.2) is 0 Å². The number of ether oxygens (including phenoxy) is 1. The van der Waals surface area contributed by atoms with Crippen molar-refractivity contribution in [2.24, 2.45) is 5.92 Å². The molecular weight excluding hydrogens is 196 g/mol. The van der Waals surface area contributed by atoms with E-state index in [2.05, 4.69) is 52.0 Å². The molecule has 1 atom stereocenters. The maximum atomic E-state index is 5.62. The minimum absolute atomic E-state index is 0.255. The van der Waals surface area contributed by atoms with Gasteiger partial charge in [-0.15, -0.1) is 0 Å². The second-order valence-corrected chi connectivity index (χ2v) is 4.91. The molecule has 90 valence electrons. The van der Waals surface area contributed by atoms with Crippen LogP contribution in [0.15, 0.2) is 24.3 Å². The Balaban J connectivity index is 2.50. The van der Waals surface area contributed by atoms with E-state index in [-0.39, 0.29) is 6.10 Å². The van der Waals surface area contributed by atoms with Gasteiger partial charge in [0.2, 0.25) is 0 Å². The van der Waals surface area contributed by atoms with Crippen molar-refractivity contribution in [2.45, 2.75) is 53.1 Å². The van der Waals surface area contributed by atoms with Gasteiger partial charge in [0, 0.05) is 0 Å². The monoisotopic (exact) mass is 220 g/mol. The fraction of sp³-hybridized carbons (Fsp3) is 0.600. The van der Waals surface area contributed by atoms with Crippen molar-refractivity contribution in [3.8, 4) is 5.75 Å². The van der Waals surface area contributed by atoms with Crippen LogP contribution in [0.5, 0.6) is 5.75 Å². The molecule has 1 unspecified atom stereocenters. The van der Waals surface area contributed by atoms with Crippen LogP contribution in [0.4, 0.5) is 0 Å². The maximum absolute atomic E-state index is 5.62. The predicted molar refractivity (Wildman–Crippen MR) is 70.0 cm³/mol. The van der Waals surface area contributed by atoms with Crippen LogP contribution in [0, 0.1) is 5.92 Å². The Kier molecular flexibility index (Phi) is 5.37. The van der Waals surface area contributed by atoms with Gasteiger partial charge in [0.25, 0.3) is 0 Å². The molecule has 0 saturated heterocycles. The Morgan fingerprint density at radius 2 is 1.69 bits per heavy atom. The summed E-state index contributed by atoms with van der Waals surface area (Å²) in [6, 6.07) is 8.52. The first-order valence-electron chi connectivity index (χ1n) is 6.37. The van der Waals surface area contributed by atoms with Crippen molar-refractivity contribution in [3.05, 3.63) is 29.8 Å². The van der Waals surface area contributed by atoms with E-state index in [1.807, 2.05) is 0 Å². The third-order valence-electron chi connectivity index (χ3n) is 2.66.